The molecule has 2 aromatic heterocycles. The average molecular weight is 736 g/mol. The zero-order valence-electron chi connectivity index (χ0n) is 30.7. The second-order valence-corrected chi connectivity index (χ2v) is 14.2. The number of nitriles is 1. The summed E-state index contributed by atoms with van der Waals surface area (Å²) in [5, 5.41) is 13.7. The molecule has 2 unspecified atom stereocenters. The third kappa shape index (κ3) is 8.85. The molecular formula is C44H45N7O4. The van der Waals surface area contributed by atoms with E-state index in [4.69, 9.17) is 15.9 Å². The van der Waals surface area contributed by atoms with Crippen LogP contribution in [0.15, 0.2) is 114 Å². The number of aryl methyl sites for hydroxylation is 1. The molecule has 0 aliphatic carbocycles. The molecule has 11 heteroatoms. The Morgan fingerprint density at radius 1 is 0.800 bits per heavy atom. The van der Waals surface area contributed by atoms with Crippen LogP contribution in [0.25, 0.3) is 21.9 Å². The number of fused-ring (bicyclic) bond motifs is 2. The molecule has 5 N–H and O–H groups in total. The SMILES string of the molecule is N#Cc1ccc2c(c1)c(CCCCN1CCN(c3ccc4oc(C(=O)NC(=O)C(N)Cc5ccccc5)cc4c3)CC1)cn2C(=O)C(N)Cc1ccccc1. The number of benzene rings is 4. The van der Waals surface area contributed by atoms with Crippen molar-refractivity contribution in [2.45, 2.75) is 44.2 Å². The monoisotopic (exact) mass is 735 g/mol. The number of imide groups is 1. The Morgan fingerprint density at radius 2 is 1.49 bits per heavy atom. The third-order valence-electron chi connectivity index (χ3n) is 10.4. The van der Waals surface area contributed by atoms with Crippen LogP contribution in [-0.2, 0) is 24.1 Å². The lowest BCUT2D eigenvalue weighted by atomic mass is 10.0. The summed E-state index contributed by atoms with van der Waals surface area (Å²) in [7, 11) is 0. The Balaban J connectivity index is 0.900. The molecule has 11 nitrogen and oxygen atoms in total. The minimum absolute atomic E-state index is 0.0607. The molecule has 280 valence electrons. The molecule has 2 atom stereocenters. The Labute approximate surface area is 320 Å². The largest absolute Gasteiger partial charge is 0.451 e. The number of furan rings is 1. The molecule has 0 spiro atoms. The van der Waals surface area contributed by atoms with E-state index >= 15 is 0 Å². The van der Waals surface area contributed by atoms with Crippen molar-refractivity contribution in [1.29, 1.82) is 5.26 Å². The molecule has 3 heterocycles. The number of aromatic nitrogens is 1. The van der Waals surface area contributed by atoms with Gasteiger partial charge in [0.1, 0.15) is 5.58 Å². The van der Waals surface area contributed by atoms with E-state index in [1.807, 2.05) is 97.2 Å². The number of unbranched alkanes of at least 4 members (excludes halogenated alkanes) is 1. The Morgan fingerprint density at radius 3 is 2.18 bits per heavy atom. The molecule has 1 aliphatic rings. The van der Waals surface area contributed by atoms with E-state index in [1.54, 1.807) is 16.7 Å². The molecule has 1 fully saturated rings. The first-order valence-electron chi connectivity index (χ1n) is 18.8. The molecule has 0 saturated carbocycles. The molecule has 1 aliphatic heterocycles. The van der Waals surface area contributed by atoms with Crippen LogP contribution in [0.4, 0.5) is 5.69 Å². The summed E-state index contributed by atoms with van der Waals surface area (Å²) in [6.07, 6.45) is 5.41. The van der Waals surface area contributed by atoms with Crippen LogP contribution in [0.3, 0.4) is 0 Å². The Kier molecular flexibility index (Phi) is 11.5. The van der Waals surface area contributed by atoms with Gasteiger partial charge in [-0.15, -0.1) is 0 Å². The molecule has 1 saturated heterocycles. The van der Waals surface area contributed by atoms with Crippen molar-refractivity contribution in [1.82, 2.24) is 14.8 Å². The Hall–Kier alpha value is -6.06. The van der Waals surface area contributed by atoms with Crippen molar-refractivity contribution in [2.24, 2.45) is 11.5 Å². The molecule has 55 heavy (non-hydrogen) atoms. The standard InChI is InChI=1S/C44H45N7O4/c45-28-32-14-16-39-36(23-32)33(29-51(39)44(54)38(47)25-31-11-5-2-6-12-31)13-7-8-18-49-19-21-50(22-20-49)35-15-17-40-34(26-35)27-41(55-40)43(53)48-42(52)37(46)24-30-9-3-1-4-10-30/h1-6,9-12,14-17,23,26-27,29,37-38H,7-8,13,18-22,24-25,46-47H2,(H,48,52,53). The van der Waals surface area contributed by atoms with Gasteiger partial charge in [0.05, 0.1) is 29.2 Å². The van der Waals surface area contributed by atoms with Crippen molar-refractivity contribution in [2.75, 3.05) is 37.6 Å². The van der Waals surface area contributed by atoms with E-state index in [9.17, 15) is 19.6 Å². The molecule has 0 radical (unpaired) electrons. The van der Waals surface area contributed by atoms with E-state index in [2.05, 4.69) is 21.2 Å². The van der Waals surface area contributed by atoms with Gasteiger partial charge in [-0.1, -0.05) is 60.7 Å². The number of carbonyl (C=O) groups is 3. The van der Waals surface area contributed by atoms with Crippen molar-refractivity contribution in [3.63, 3.8) is 0 Å². The van der Waals surface area contributed by atoms with Crippen LogP contribution in [0.5, 0.6) is 0 Å². The zero-order valence-corrected chi connectivity index (χ0v) is 30.7. The average Bonchev–Trinajstić information content (AvgIpc) is 3.81. The van der Waals surface area contributed by atoms with Crippen LogP contribution in [0, 0.1) is 11.3 Å². The number of anilines is 1. The third-order valence-corrected chi connectivity index (χ3v) is 10.4. The fourth-order valence-electron chi connectivity index (χ4n) is 7.33. The first kappa shape index (κ1) is 37.3. The summed E-state index contributed by atoms with van der Waals surface area (Å²) in [5.74, 6) is -1.27. The second kappa shape index (κ2) is 17.0. The second-order valence-electron chi connectivity index (χ2n) is 14.2. The minimum atomic E-state index is -0.861. The van der Waals surface area contributed by atoms with Crippen LogP contribution < -0.4 is 21.7 Å². The topological polar surface area (TPSA) is 164 Å². The molecule has 7 rings (SSSR count). The maximum absolute atomic E-state index is 13.5. The van der Waals surface area contributed by atoms with Crippen LogP contribution in [-0.4, -0.2) is 72.0 Å². The zero-order chi connectivity index (χ0) is 38.3. The highest BCUT2D eigenvalue weighted by atomic mass is 16.3. The van der Waals surface area contributed by atoms with Crippen molar-refractivity contribution in [3.8, 4) is 6.07 Å². The summed E-state index contributed by atoms with van der Waals surface area (Å²) in [4.78, 5) is 43.8. The molecular weight excluding hydrogens is 691 g/mol. The van der Waals surface area contributed by atoms with Gasteiger partial charge >= 0.3 is 0 Å². The highest BCUT2D eigenvalue weighted by molar-refractivity contribution is 6.06. The lowest BCUT2D eigenvalue weighted by molar-refractivity contribution is -0.121. The minimum Gasteiger partial charge on any atom is -0.451 e. The molecule has 2 amide bonds. The molecule has 4 aromatic carbocycles. The number of hydrogen-bond acceptors (Lipinski definition) is 9. The predicted octanol–water partition coefficient (Wildman–Crippen LogP) is 5.44. The number of hydrogen-bond donors (Lipinski definition) is 3. The van der Waals surface area contributed by atoms with E-state index in [0.29, 0.717) is 24.0 Å². The molecule has 0 bridgehead atoms. The lowest BCUT2D eigenvalue weighted by Gasteiger charge is -2.36. The number of nitrogens with zero attached hydrogens (tertiary/aromatic N) is 4. The molecule has 6 aromatic rings. The summed E-state index contributed by atoms with van der Waals surface area (Å²) in [6, 6.07) is 32.9. The quantitative estimate of drug-likeness (QED) is 0.131. The number of piperazine rings is 1. The number of nitrogens with two attached hydrogens (primary N) is 2. The first-order valence-corrected chi connectivity index (χ1v) is 18.8. The van der Waals surface area contributed by atoms with Gasteiger partial charge in [-0.3, -0.25) is 29.2 Å². The van der Waals surface area contributed by atoms with Gasteiger partial charge in [0.2, 0.25) is 11.8 Å². The lowest BCUT2D eigenvalue weighted by Crippen LogP contribution is -2.46. The summed E-state index contributed by atoms with van der Waals surface area (Å²) >= 11 is 0. The normalized spacial score (nSPS) is 14.5. The van der Waals surface area contributed by atoms with E-state index < -0.39 is 23.9 Å². The highest BCUT2D eigenvalue weighted by Gasteiger charge is 2.23. The van der Waals surface area contributed by atoms with Gasteiger partial charge in [0.25, 0.3) is 5.91 Å². The highest BCUT2D eigenvalue weighted by Crippen LogP contribution is 2.28. The van der Waals surface area contributed by atoms with Gasteiger partial charge in [-0.05, 0) is 97.8 Å². The van der Waals surface area contributed by atoms with Gasteiger partial charge in [-0.25, -0.2) is 0 Å². The fraction of sp³-hybridized carbons (Fsp3) is 0.273. The van der Waals surface area contributed by atoms with E-state index in [1.165, 1.54) is 0 Å². The van der Waals surface area contributed by atoms with Crippen LogP contribution in [0.1, 0.15) is 50.4 Å². The maximum atomic E-state index is 13.5. The smallest absolute Gasteiger partial charge is 0.293 e. The van der Waals surface area contributed by atoms with Crippen LogP contribution >= 0.6 is 0 Å². The number of amides is 2. The van der Waals surface area contributed by atoms with Gasteiger partial charge in [0.15, 0.2) is 5.76 Å². The fourth-order valence-corrected chi connectivity index (χ4v) is 7.33. The summed E-state index contributed by atoms with van der Waals surface area (Å²) in [5.41, 5.74) is 18.4. The maximum Gasteiger partial charge on any atom is 0.293 e. The van der Waals surface area contributed by atoms with Crippen LogP contribution in [0.2, 0.25) is 0 Å². The van der Waals surface area contributed by atoms with Gasteiger partial charge in [0, 0.05) is 48.8 Å². The summed E-state index contributed by atoms with van der Waals surface area (Å²) in [6.45, 7) is 4.52. The van der Waals surface area contributed by atoms with Gasteiger partial charge < -0.3 is 20.8 Å². The Bertz CT molecular complexity index is 2340. The van der Waals surface area contributed by atoms with Gasteiger partial charge in [-0.2, -0.15) is 5.26 Å². The predicted molar refractivity (Wildman–Crippen MR) is 214 cm³/mol. The summed E-state index contributed by atoms with van der Waals surface area (Å²) < 4.78 is 7.45. The van der Waals surface area contributed by atoms with Crippen molar-refractivity contribution < 1.29 is 18.8 Å². The number of rotatable bonds is 13. The van der Waals surface area contributed by atoms with E-state index in [-0.39, 0.29) is 11.7 Å². The van der Waals surface area contributed by atoms with Crippen molar-refractivity contribution >= 4 is 45.3 Å². The number of nitrogens with one attached hydrogen (secondary N) is 1. The van der Waals surface area contributed by atoms with E-state index in [0.717, 1.165) is 90.7 Å². The first-order chi connectivity index (χ1) is 26.7. The van der Waals surface area contributed by atoms with Crippen molar-refractivity contribution in [3.05, 3.63) is 137 Å². The number of carbonyl (C=O) groups excluding carboxylic acids is 3.